The fraction of sp³-hybridized carbons (Fsp3) is 0.190. The number of nitrogens with zero attached hydrogens (tertiary/aromatic N) is 2. The predicted octanol–water partition coefficient (Wildman–Crippen LogP) is 4.32. The van der Waals surface area contributed by atoms with Crippen molar-refractivity contribution in [1.82, 2.24) is 9.21 Å². The van der Waals surface area contributed by atoms with Gasteiger partial charge in [-0.25, -0.2) is 8.42 Å². The van der Waals surface area contributed by atoms with Crippen LogP contribution in [-0.2, 0) is 10.0 Å². The molecule has 0 N–H and O–H groups in total. The zero-order valence-electron chi connectivity index (χ0n) is 15.5. The maximum absolute atomic E-state index is 13.1. The van der Waals surface area contributed by atoms with Crippen molar-refractivity contribution in [1.29, 1.82) is 0 Å². The molecule has 1 aromatic heterocycles. The molecule has 0 saturated carbocycles. The average Bonchev–Trinajstić information content (AvgIpc) is 3.24. The van der Waals surface area contributed by atoms with Gasteiger partial charge >= 0.3 is 0 Å². The molecule has 0 atom stereocenters. The maximum atomic E-state index is 13.1. The van der Waals surface area contributed by atoms with Crippen LogP contribution in [0.3, 0.4) is 0 Å². The number of benzene rings is 2. The Hall–Kier alpha value is -2.00. The molecule has 8 heteroatoms. The number of thiophene rings is 1. The SMILES string of the molecule is O=C(c1sccc1-c1ccccc1)N1CCN(S(=O)(=O)c2ccccc2Br)CC1. The van der Waals surface area contributed by atoms with Crippen molar-refractivity contribution in [2.24, 2.45) is 0 Å². The van der Waals surface area contributed by atoms with Crippen LogP contribution in [0.5, 0.6) is 0 Å². The molecule has 0 unspecified atom stereocenters. The van der Waals surface area contributed by atoms with Gasteiger partial charge in [0.25, 0.3) is 5.91 Å². The minimum atomic E-state index is -3.60. The van der Waals surface area contributed by atoms with E-state index in [2.05, 4.69) is 15.9 Å². The van der Waals surface area contributed by atoms with Gasteiger partial charge in [-0.05, 0) is 45.1 Å². The lowest BCUT2D eigenvalue weighted by molar-refractivity contribution is 0.0703. The zero-order valence-corrected chi connectivity index (χ0v) is 18.7. The number of piperazine rings is 1. The Kier molecular flexibility index (Phi) is 5.87. The normalized spacial score (nSPS) is 15.4. The molecular formula is C21H19BrN2O3S2. The van der Waals surface area contributed by atoms with Crippen LogP contribution in [0.25, 0.3) is 11.1 Å². The van der Waals surface area contributed by atoms with E-state index < -0.39 is 10.0 Å². The van der Waals surface area contributed by atoms with Gasteiger partial charge in [-0.15, -0.1) is 11.3 Å². The summed E-state index contributed by atoms with van der Waals surface area (Å²) in [4.78, 5) is 15.8. The minimum Gasteiger partial charge on any atom is -0.335 e. The third-order valence-corrected chi connectivity index (χ3v) is 8.74. The minimum absolute atomic E-state index is 0.0446. The highest BCUT2D eigenvalue weighted by Crippen LogP contribution is 2.30. The van der Waals surface area contributed by atoms with Crippen molar-refractivity contribution in [3.63, 3.8) is 0 Å². The number of hydrogen-bond donors (Lipinski definition) is 0. The third kappa shape index (κ3) is 4.02. The highest BCUT2D eigenvalue weighted by molar-refractivity contribution is 9.10. The summed E-state index contributed by atoms with van der Waals surface area (Å²) in [6, 6.07) is 18.6. The first kappa shape index (κ1) is 20.3. The molecule has 1 saturated heterocycles. The van der Waals surface area contributed by atoms with Crippen LogP contribution in [0.2, 0.25) is 0 Å². The third-order valence-electron chi connectivity index (χ3n) is 4.92. The van der Waals surface area contributed by atoms with Gasteiger partial charge < -0.3 is 4.90 Å². The van der Waals surface area contributed by atoms with Crippen molar-refractivity contribution >= 4 is 43.2 Å². The predicted molar refractivity (Wildman–Crippen MR) is 119 cm³/mol. The second kappa shape index (κ2) is 8.39. The van der Waals surface area contributed by atoms with Gasteiger partial charge in [0.05, 0.1) is 9.77 Å². The molecule has 1 fully saturated rings. The Bertz CT molecular complexity index is 1120. The molecular weight excluding hydrogens is 472 g/mol. The molecule has 150 valence electrons. The number of hydrogen-bond acceptors (Lipinski definition) is 4. The van der Waals surface area contributed by atoms with Crippen LogP contribution in [0.4, 0.5) is 0 Å². The quantitative estimate of drug-likeness (QED) is 0.546. The number of carbonyl (C=O) groups is 1. The molecule has 0 spiro atoms. The van der Waals surface area contributed by atoms with E-state index in [-0.39, 0.29) is 23.9 Å². The second-order valence-electron chi connectivity index (χ2n) is 6.66. The van der Waals surface area contributed by atoms with Crippen molar-refractivity contribution in [2.45, 2.75) is 4.90 Å². The summed E-state index contributed by atoms with van der Waals surface area (Å²) < 4.78 is 27.9. The largest absolute Gasteiger partial charge is 0.335 e. The molecule has 5 nitrogen and oxygen atoms in total. The number of carbonyl (C=O) groups excluding carboxylic acids is 1. The summed E-state index contributed by atoms with van der Waals surface area (Å²) in [6.45, 7) is 1.30. The van der Waals surface area contributed by atoms with Crippen molar-refractivity contribution in [3.8, 4) is 11.1 Å². The van der Waals surface area contributed by atoms with Crippen LogP contribution in [0, 0.1) is 0 Å². The topological polar surface area (TPSA) is 57.7 Å². The van der Waals surface area contributed by atoms with Gasteiger partial charge in [0.1, 0.15) is 0 Å². The zero-order chi connectivity index (χ0) is 20.4. The molecule has 2 heterocycles. The Balaban J connectivity index is 1.49. The molecule has 3 aromatic rings. The summed E-state index contributed by atoms with van der Waals surface area (Å²) in [5.74, 6) is -0.0446. The van der Waals surface area contributed by atoms with E-state index in [4.69, 9.17) is 0 Å². The maximum Gasteiger partial charge on any atom is 0.264 e. The first-order chi connectivity index (χ1) is 14.0. The van der Waals surface area contributed by atoms with Crippen molar-refractivity contribution in [2.75, 3.05) is 26.2 Å². The van der Waals surface area contributed by atoms with E-state index in [9.17, 15) is 13.2 Å². The molecule has 4 rings (SSSR count). The van der Waals surface area contributed by atoms with Gasteiger partial charge in [0, 0.05) is 36.2 Å². The lowest BCUT2D eigenvalue weighted by atomic mass is 10.1. The molecule has 29 heavy (non-hydrogen) atoms. The average molecular weight is 491 g/mol. The van der Waals surface area contributed by atoms with Gasteiger partial charge in [-0.2, -0.15) is 4.31 Å². The van der Waals surface area contributed by atoms with Crippen molar-refractivity contribution in [3.05, 3.63) is 75.4 Å². The first-order valence-corrected chi connectivity index (χ1v) is 12.3. The highest BCUT2D eigenvalue weighted by atomic mass is 79.9. The first-order valence-electron chi connectivity index (χ1n) is 9.15. The Morgan fingerprint density at radius 2 is 1.55 bits per heavy atom. The van der Waals surface area contributed by atoms with E-state index >= 15 is 0 Å². The van der Waals surface area contributed by atoms with Crippen molar-refractivity contribution < 1.29 is 13.2 Å². The van der Waals surface area contributed by atoms with Crippen LogP contribution in [-0.4, -0.2) is 49.7 Å². The Morgan fingerprint density at radius 1 is 0.897 bits per heavy atom. The number of sulfonamides is 1. The van der Waals surface area contributed by atoms with Gasteiger partial charge in [0.2, 0.25) is 10.0 Å². The van der Waals surface area contributed by atoms with Gasteiger partial charge in [0.15, 0.2) is 0 Å². The van der Waals surface area contributed by atoms with Gasteiger partial charge in [-0.1, -0.05) is 42.5 Å². The second-order valence-corrected chi connectivity index (χ2v) is 10.3. The smallest absolute Gasteiger partial charge is 0.264 e. The highest BCUT2D eigenvalue weighted by Gasteiger charge is 2.32. The molecule has 1 aliphatic rings. The number of rotatable bonds is 4. The van der Waals surface area contributed by atoms with E-state index in [1.807, 2.05) is 41.8 Å². The van der Waals surface area contributed by atoms with Gasteiger partial charge in [-0.3, -0.25) is 4.79 Å². The molecule has 0 radical (unpaired) electrons. The number of halogens is 1. The number of amides is 1. The standard InChI is InChI=1S/C21H19BrN2O3S2/c22-18-8-4-5-9-19(18)29(26,27)24-13-11-23(12-14-24)21(25)20-17(10-15-28-20)16-6-2-1-3-7-16/h1-10,15H,11-14H2. The fourth-order valence-electron chi connectivity index (χ4n) is 3.39. The van der Waals surface area contributed by atoms with E-state index in [1.165, 1.54) is 15.6 Å². The molecule has 1 aliphatic heterocycles. The monoisotopic (exact) mass is 490 g/mol. The summed E-state index contributed by atoms with van der Waals surface area (Å²) in [5.41, 5.74) is 1.93. The van der Waals surface area contributed by atoms with E-state index in [0.29, 0.717) is 22.4 Å². The van der Waals surface area contributed by atoms with E-state index in [1.54, 1.807) is 29.2 Å². The molecule has 1 amide bonds. The molecule has 0 bridgehead atoms. The Morgan fingerprint density at radius 3 is 2.24 bits per heavy atom. The molecule has 0 aliphatic carbocycles. The van der Waals surface area contributed by atoms with Crippen LogP contribution in [0.1, 0.15) is 9.67 Å². The lowest BCUT2D eigenvalue weighted by Crippen LogP contribution is -2.50. The van der Waals surface area contributed by atoms with Crippen LogP contribution < -0.4 is 0 Å². The van der Waals surface area contributed by atoms with Crippen LogP contribution >= 0.6 is 27.3 Å². The summed E-state index contributed by atoms with van der Waals surface area (Å²) >= 11 is 4.74. The van der Waals surface area contributed by atoms with Crippen LogP contribution in [0.15, 0.2) is 75.4 Å². The van der Waals surface area contributed by atoms with E-state index in [0.717, 1.165) is 11.1 Å². The summed E-state index contributed by atoms with van der Waals surface area (Å²) in [7, 11) is -3.60. The summed E-state index contributed by atoms with van der Waals surface area (Å²) in [5, 5.41) is 1.92. The summed E-state index contributed by atoms with van der Waals surface area (Å²) in [6.07, 6.45) is 0. The lowest BCUT2D eigenvalue weighted by Gasteiger charge is -2.34. The fourth-order valence-corrected chi connectivity index (χ4v) is 6.66. The Labute approximate surface area is 182 Å². The molecule has 2 aromatic carbocycles.